The zero-order valence-electron chi connectivity index (χ0n) is 11.9. The molecule has 3 rings (SSSR count). The summed E-state index contributed by atoms with van der Waals surface area (Å²) in [4.78, 5) is 20.3. The normalized spacial score (nSPS) is 10.6. The van der Waals surface area contributed by atoms with Crippen LogP contribution >= 0.6 is 0 Å². The first-order valence-corrected chi connectivity index (χ1v) is 6.81. The van der Waals surface area contributed by atoms with Gasteiger partial charge in [0, 0.05) is 18.5 Å². The average Bonchev–Trinajstić information content (AvgIpc) is 3.16. The summed E-state index contributed by atoms with van der Waals surface area (Å²) >= 11 is 0. The van der Waals surface area contributed by atoms with Crippen molar-refractivity contribution < 1.29 is 13.7 Å². The lowest BCUT2D eigenvalue weighted by atomic mass is 10.3. The molecule has 7 nitrogen and oxygen atoms in total. The Morgan fingerprint density at radius 1 is 1.23 bits per heavy atom. The Morgan fingerprint density at radius 2 is 2.14 bits per heavy atom. The van der Waals surface area contributed by atoms with E-state index in [1.807, 2.05) is 19.1 Å². The molecule has 112 valence electrons. The average molecular weight is 298 g/mol. The van der Waals surface area contributed by atoms with Crippen LogP contribution in [-0.2, 0) is 11.2 Å². The zero-order chi connectivity index (χ0) is 15.4. The molecule has 22 heavy (non-hydrogen) atoms. The van der Waals surface area contributed by atoms with Gasteiger partial charge in [-0.1, -0.05) is 11.2 Å². The van der Waals surface area contributed by atoms with Gasteiger partial charge in [-0.3, -0.25) is 4.79 Å². The summed E-state index contributed by atoms with van der Waals surface area (Å²) in [6, 6.07) is 8.93. The summed E-state index contributed by atoms with van der Waals surface area (Å²) in [6.45, 7) is 1.87. The van der Waals surface area contributed by atoms with Gasteiger partial charge in [-0.05, 0) is 31.2 Å². The van der Waals surface area contributed by atoms with Gasteiger partial charge in [-0.15, -0.1) is 0 Å². The number of aromatic nitrogens is 3. The number of carbonyl (C=O) groups excluding carboxylic acids is 1. The molecule has 0 aliphatic rings. The van der Waals surface area contributed by atoms with Crippen molar-refractivity contribution >= 4 is 11.7 Å². The number of anilines is 1. The zero-order valence-corrected chi connectivity index (χ0v) is 11.9. The van der Waals surface area contributed by atoms with Gasteiger partial charge in [0.15, 0.2) is 5.76 Å². The Hall–Kier alpha value is -2.96. The molecule has 3 aromatic heterocycles. The van der Waals surface area contributed by atoms with Gasteiger partial charge in [-0.2, -0.15) is 4.98 Å². The molecule has 0 aliphatic carbocycles. The van der Waals surface area contributed by atoms with Crippen LogP contribution in [0.1, 0.15) is 18.0 Å². The minimum Gasteiger partial charge on any atom is -0.461 e. The smallest absolute Gasteiger partial charge is 0.238 e. The summed E-state index contributed by atoms with van der Waals surface area (Å²) in [7, 11) is 0. The van der Waals surface area contributed by atoms with Crippen molar-refractivity contribution in [2.75, 3.05) is 5.32 Å². The highest BCUT2D eigenvalue weighted by atomic mass is 16.5. The molecule has 0 atom stereocenters. The molecule has 0 unspecified atom stereocenters. The van der Waals surface area contributed by atoms with Crippen LogP contribution < -0.4 is 5.32 Å². The van der Waals surface area contributed by atoms with Crippen molar-refractivity contribution in [2.24, 2.45) is 0 Å². The molecule has 3 heterocycles. The topological polar surface area (TPSA) is 94.1 Å². The summed E-state index contributed by atoms with van der Waals surface area (Å²) in [6.07, 6.45) is 2.12. The monoisotopic (exact) mass is 298 g/mol. The standard InChI is InChI=1S/C15H14N4O3/c1-10-4-2-6-12(16-10)17-13(20)7-8-14-18-15(19-22-14)11-5-3-9-21-11/h2-6,9H,7-8H2,1H3,(H,16,17,20). The minimum absolute atomic E-state index is 0.157. The van der Waals surface area contributed by atoms with Gasteiger partial charge in [0.2, 0.25) is 17.6 Å². The lowest BCUT2D eigenvalue weighted by Gasteiger charge is -2.03. The molecular weight excluding hydrogens is 284 g/mol. The first-order chi connectivity index (χ1) is 10.7. The van der Waals surface area contributed by atoms with E-state index < -0.39 is 0 Å². The summed E-state index contributed by atoms with van der Waals surface area (Å²) in [5.74, 6) is 1.67. The number of amides is 1. The fourth-order valence-electron chi connectivity index (χ4n) is 1.90. The first-order valence-electron chi connectivity index (χ1n) is 6.81. The van der Waals surface area contributed by atoms with E-state index in [0.717, 1.165) is 5.69 Å². The Morgan fingerprint density at radius 3 is 2.91 bits per heavy atom. The van der Waals surface area contributed by atoms with Crippen LogP contribution in [0.3, 0.4) is 0 Å². The van der Waals surface area contributed by atoms with Crippen LogP contribution in [0.4, 0.5) is 5.82 Å². The number of hydrogen-bond acceptors (Lipinski definition) is 6. The molecule has 1 N–H and O–H groups in total. The lowest BCUT2D eigenvalue weighted by Crippen LogP contribution is -2.13. The third-order valence-electron chi connectivity index (χ3n) is 2.93. The van der Waals surface area contributed by atoms with Crippen molar-refractivity contribution in [2.45, 2.75) is 19.8 Å². The van der Waals surface area contributed by atoms with Crippen LogP contribution in [0.2, 0.25) is 0 Å². The Kier molecular flexibility index (Phi) is 3.95. The first kappa shape index (κ1) is 14.0. The Balaban J connectivity index is 1.55. The molecule has 7 heteroatoms. The second kappa shape index (κ2) is 6.21. The molecule has 0 fully saturated rings. The Labute approximate surface area is 126 Å². The highest BCUT2D eigenvalue weighted by molar-refractivity contribution is 5.89. The maximum atomic E-state index is 11.9. The van der Waals surface area contributed by atoms with Crippen LogP contribution in [0.25, 0.3) is 11.6 Å². The van der Waals surface area contributed by atoms with Crippen LogP contribution in [-0.4, -0.2) is 21.0 Å². The number of nitrogens with zero attached hydrogens (tertiary/aromatic N) is 3. The van der Waals surface area contributed by atoms with Gasteiger partial charge < -0.3 is 14.3 Å². The maximum Gasteiger partial charge on any atom is 0.238 e. The Bertz CT molecular complexity index is 765. The molecule has 0 bridgehead atoms. The van der Waals surface area contributed by atoms with Crippen molar-refractivity contribution in [3.05, 3.63) is 48.2 Å². The highest BCUT2D eigenvalue weighted by Gasteiger charge is 2.12. The molecule has 0 spiro atoms. The molecular formula is C15H14N4O3. The van der Waals surface area contributed by atoms with Crippen molar-refractivity contribution in [3.63, 3.8) is 0 Å². The summed E-state index contributed by atoms with van der Waals surface area (Å²) < 4.78 is 10.3. The van der Waals surface area contributed by atoms with Crippen LogP contribution in [0, 0.1) is 6.92 Å². The molecule has 0 aliphatic heterocycles. The second-order valence-corrected chi connectivity index (χ2v) is 4.70. The van der Waals surface area contributed by atoms with Gasteiger partial charge in [0.25, 0.3) is 0 Å². The van der Waals surface area contributed by atoms with Gasteiger partial charge in [-0.25, -0.2) is 4.98 Å². The minimum atomic E-state index is -0.157. The van der Waals surface area contributed by atoms with E-state index in [4.69, 9.17) is 8.94 Å². The van der Waals surface area contributed by atoms with E-state index in [2.05, 4.69) is 20.4 Å². The molecule has 0 radical (unpaired) electrons. The predicted octanol–water partition coefficient (Wildman–Crippen LogP) is 2.60. The number of rotatable bonds is 5. The van der Waals surface area contributed by atoms with Gasteiger partial charge >= 0.3 is 0 Å². The fourth-order valence-corrected chi connectivity index (χ4v) is 1.90. The van der Waals surface area contributed by atoms with E-state index in [0.29, 0.717) is 29.7 Å². The fraction of sp³-hybridized carbons (Fsp3) is 0.200. The van der Waals surface area contributed by atoms with E-state index >= 15 is 0 Å². The molecule has 0 aromatic carbocycles. The highest BCUT2D eigenvalue weighted by Crippen LogP contribution is 2.16. The maximum absolute atomic E-state index is 11.9. The predicted molar refractivity (Wildman–Crippen MR) is 77.9 cm³/mol. The van der Waals surface area contributed by atoms with Crippen molar-refractivity contribution in [3.8, 4) is 11.6 Å². The number of furan rings is 1. The molecule has 3 aromatic rings. The number of hydrogen-bond donors (Lipinski definition) is 1. The van der Waals surface area contributed by atoms with E-state index in [1.54, 1.807) is 18.2 Å². The number of pyridine rings is 1. The van der Waals surface area contributed by atoms with Gasteiger partial charge in [0.05, 0.1) is 6.26 Å². The van der Waals surface area contributed by atoms with Crippen molar-refractivity contribution in [1.29, 1.82) is 0 Å². The largest absolute Gasteiger partial charge is 0.461 e. The summed E-state index contributed by atoms with van der Waals surface area (Å²) in [5.41, 5.74) is 0.845. The molecule has 1 amide bonds. The van der Waals surface area contributed by atoms with Gasteiger partial charge in [0.1, 0.15) is 5.82 Å². The van der Waals surface area contributed by atoms with E-state index in [1.165, 1.54) is 6.26 Å². The number of nitrogens with one attached hydrogen (secondary N) is 1. The molecule has 0 saturated heterocycles. The third-order valence-corrected chi connectivity index (χ3v) is 2.93. The number of carbonyl (C=O) groups is 1. The van der Waals surface area contributed by atoms with E-state index in [9.17, 15) is 4.79 Å². The third kappa shape index (κ3) is 3.38. The number of aryl methyl sites for hydroxylation is 2. The van der Waals surface area contributed by atoms with Crippen molar-refractivity contribution in [1.82, 2.24) is 15.1 Å². The summed E-state index contributed by atoms with van der Waals surface area (Å²) in [5, 5.41) is 6.54. The SMILES string of the molecule is Cc1cccc(NC(=O)CCc2nc(-c3ccco3)no2)n1. The second-order valence-electron chi connectivity index (χ2n) is 4.70. The van der Waals surface area contributed by atoms with Crippen LogP contribution in [0.5, 0.6) is 0 Å². The lowest BCUT2D eigenvalue weighted by molar-refractivity contribution is -0.116. The quantitative estimate of drug-likeness (QED) is 0.778. The van der Waals surface area contributed by atoms with E-state index in [-0.39, 0.29) is 12.3 Å². The van der Waals surface area contributed by atoms with Crippen LogP contribution in [0.15, 0.2) is 45.5 Å². The molecule has 0 saturated carbocycles.